The second-order valence-corrected chi connectivity index (χ2v) is 6.74. The summed E-state index contributed by atoms with van der Waals surface area (Å²) in [5.41, 5.74) is 8.90. The van der Waals surface area contributed by atoms with Crippen molar-refractivity contribution in [1.82, 2.24) is 19.9 Å². The van der Waals surface area contributed by atoms with Crippen LogP contribution in [-0.2, 0) is 6.54 Å². The van der Waals surface area contributed by atoms with Gasteiger partial charge in [0.2, 0.25) is 0 Å². The zero-order valence-electron chi connectivity index (χ0n) is 14.2. The van der Waals surface area contributed by atoms with E-state index in [4.69, 9.17) is 10.7 Å². The molecule has 2 aliphatic carbocycles. The number of aryl methyl sites for hydroxylation is 1. The molecule has 2 fully saturated rings. The van der Waals surface area contributed by atoms with Crippen molar-refractivity contribution in [2.45, 2.75) is 57.0 Å². The van der Waals surface area contributed by atoms with Gasteiger partial charge in [0, 0.05) is 35.8 Å². The van der Waals surface area contributed by atoms with E-state index in [2.05, 4.69) is 26.3 Å². The standard InChI is InChI=1S/C17H22N6.2ClH/c1-10-7-20-14(8-19-10)9-21-16-6-15(12-4-13(18)5-12)22-17(23-16)11-2-3-11;;/h6-8,11-13H,2-5,9,18H2,1H3,(H,21,22,23);2*1H. The summed E-state index contributed by atoms with van der Waals surface area (Å²) in [7, 11) is 0. The predicted octanol–water partition coefficient (Wildman–Crippen LogP) is 3.11. The Morgan fingerprint density at radius 2 is 1.84 bits per heavy atom. The SMILES string of the molecule is Cc1cnc(CNc2cc(C3CC(N)C3)nc(C3CC3)n2)cn1.Cl.Cl. The number of anilines is 1. The summed E-state index contributed by atoms with van der Waals surface area (Å²) in [5, 5.41) is 3.37. The number of halogens is 2. The summed E-state index contributed by atoms with van der Waals surface area (Å²) < 4.78 is 0. The van der Waals surface area contributed by atoms with Gasteiger partial charge in [-0.3, -0.25) is 9.97 Å². The Balaban J connectivity index is 0.00000113. The van der Waals surface area contributed by atoms with Gasteiger partial charge < -0.3 is 11.1 Å². The van der Waals surface area contributed by atoms with Gasteiger partial charge in [0.05, 0.1) is 24.1 Å². The van der Waals surface area contributed by atoms with E-state index in [1.54, 1.807) is 12.4 Å². The van der Waals surface area contributed by atoms with Crippen molar-refractivity contribution in [2.24, 2.45) is 5.73 Å². The highest BCUT2D eigenvalue weighted by molar-refractivity contribution is 5.85. The molecule has 0 radical (unpaired) electrons. The van der Waals surface area contributed by atoms with Gasteiger partial charge in [0.15, 0.2) is 0 Å². The van der Waals surface area contributed by atoms with Gasteiger partial charge >= 0.3 is 0 Å². The molecule has 2 aromatic heterocycles. The van der Waals surface area contributed by atoms with E-state index in [-0.39, 0.29) is 24.8 Å². The maximum absolute atomic E-state index is 5.93. The number of nitrogens with one attached hydrogen (secondary N) is 1. The summed E-state index contributed by atoms with van der Waals surface area (Å²) in [6, 6.07) is 2.41. The van der Waals surface area contributed by atoms with E-state index in [0.717, 1.165) is 41.6 Å². The Morgan fingerprint density at radius 3 is 2.44 bits per heavy atom. The van der Waals surface area contributed by atoms with Crippen LogP contribution in [0.2, 0.25) is 0 Å². The molecule has 6 nitrogen and oxygen atoms in total. The summed E-state index contributed by atoms with van der Waals surface area (Å²) in [4.78, 5) is 18.1. The van der Waals surface area contributed by atoms with Crippen LogP contribution in [0.15, 0.2) is 18.5 Å². The normalized spacial score (nSPS) is 21.5. The fraction of sp³-hybridized carbons (Fsp3) is 0.529. The fourth-order valence-corrected chi connectivity index (χ4v) is 2.90. The molecule has 0 saturated heterocycles. The first kappa shape index (κ1) is 19.8. The summed E-state index contributed by atoms with van der Waals surface area (Å²) in [5.74, 6) is 2.91. The minimum atomic E-state index is 0. The Hall–Kier alpha value is -1.50. The highest BCUT2D eigenvalue weighted by Crippen LogP contribution is 2.41. The van der Waals surface area contributed by atoms with Gasteiger partial charge in [-0.2, -0.15) is 0 Å². The fourth-order valence-electron chi connectivity index (χ4n) is 2.90. The van der Waals surface area contributed by atoms with Gasteiger partial charge in [-0.1, -0.05) is 0 Å². The third kappa shape index (κ3) is 4.77. The number of aromatic nitrogens is 4. The van der Waals surface area contributed by atoms with Crippen molar-refractivity contribution in [2.75, 3.05) is 5.32 Å². The molecule has 136 valence electrons. The molecule has 2 heterocycles. The van der Waals surface area contributed by atoms with Crippen molar-refractivity contribution in [3.8, 4) is 0 Å². The van der Waals surface area contributed by atoms with Crippen LogP contribution in [0, 0.1) is 6.92 Å². The highest BCUT2D eigenvalue weighted by Gasteiger charge is 2.32. The van der Waals surface area contributed by atoms with Crippen molar-refractivity contribution in [3.63, 3.8) is 0 Å². The summed E-state index contributed by atoms with van der Waals surface area (Å²) in [6.07, 6.45) is 8.06. The van der Waals surface area contributed by atoms with Gasteiger partial charge in [0.1, 0.15) is 11.6 Å². The van der Waals surface area contributed by atoms with Gasteiger partial charge in [-0.05, 0) is 32.6 Å². The van der Waals surface area contributed by atoms with Crippen LogP contribution in [0.1, 0.15) is 60.4 Å². The van der Waals surface area contributed by atoms with Crippen molar-refractivity contribution in [1.29, 1.82) is 0 Å². The number of nitrogens with zero attached hydrogens (tertiary/aromatic N) is 4. The van der Waals surface area contributed by atoms with Crippen LogP contribution < -0.4 is 11.1 Å². The number of rotatable bonds is 5. The Kier molecular flexibility index (Phi) is 6.54. The van der Waals surface area contributed by atoms with Gasteiger partial charge in [-0.25, -0.2) is 9.97 Å². The molecule has 0 amide bonds. The number of nitrogens with two attached hydrogens (primary N) is 1. The number of hydrogen-bond donors (Lipinski definition) is 2. The van der Waals surface area contributed by atoms with Crippen molar-refractivity contribution in [3.05, 3.63) is 41.4 Å². The molecule has 0 atom stereocenters. The lowest BCUT2D eigenvalue weighted by Crippen LogP contribution is -2.35. The van der Waals surface area contributed by atoms with Gasteiger partial charge in [-0.15, -0.1) is 24.8 Å². The van der Waals surface area contributed by atoms with E-state index >= 15 is 0 Å². The molecular weight excluding hydrogens is 359 g/mol. The van der Waals surface area contributed by atoms with Crippen molar-refractivity contribution >= 4 is 30.6 Å². The Bertz CT molecular complexity index is 699. The lowest BCUT2D eigenvalue weighted by atomic mass is 9.78. The smallest absolute Gasteiger partial charge is 0.134 e. The molecule has 0 aliphatic heterocycles. The molecule has 0 unspecified atom stereocenters. The third-order valence-electron chi connectivity index (χ3n) is 4.58. The minimum Gasteiger partial charge on any atom is -0.364 e. The first-order chi connectivity index (χ1) is 11.2. The monoisotopic (exact) mass is 382 g/mol. The van der Waals surface area contributed by atoms with Crippen LogP contribution in [0.5, 0.6) is 0 Å². The van der Waals surface area contributed by atoms with Crippen LogP contribution in [0.3, 0.4) is 0 Å². The molecule has 0 bridgehead atoms. The first-order valence-electron chi connectivity index (χ1n) is 8.33. The molecule has 25 heavy (non-hydrogen) atoms. The molecule has 0 aromatic carbocycles. The van der Waals surface area contributed by atoms with Crippen LogP contribution in [-0.4, -0.2) is 26.0 Å². The molecular formula is C17H24Cl2N6. The molecule has 3 N–H and O–H groups in total. The molecule has 2 aromatic rings. The summed E-state index contributed by atoms with van der Waals surface area (Å²) >= 11 is 0. The zero-order valence-corrected chi connectivity index (χ0v) is 15.8. The molecule has 8 heteroatoms. The average molecular weight is 383 g/mol. The minimum absolute atomic E-state index is 0. The lowest BCUT2D eigenvalue weighted by molar-refractivity contribution is 0.344. The van der Waals surface area contributed by atoms with E-state index in [1.165, 1.54) is 12.8 Å². The zero-order chi connectivity index (χ0) is 15.8. The summed E-state index contributed by atoms with van der Waals surface area (Å²) in [6.45, 7) is 2.56. The van der Waals surface area contributed by atoms with Crippen LogP contribution in [0.25, 0.3) is 0 Å². The van der Waals surface area contributed by atoms with Crippen molar-refractivity contribution < 1.29 is 0 Å². The number of hydrogen-bond acceptors (Lipinski definition) is 6. The van der Waals surface area contributed by atoms with Gasteiger partial charge in [0.25, 0.3) is 0 Å². The predicted molar refractivity (Wildman–Crippen MR) is 103 cm³/mol. The maximum atomic E-state index is 5.93. The van der Waals surface area contributed by atoms with Crippen LogP contribution in [0.4, 0.5) is 5.82 Å². The molecule has 4 rings (SSSR count). The second kappa shape index (κ2) is 8.25. The third-order valence-corrected chi connectivity index (χ3v) is 4.58. The van der Waals surface area contributed by atoms with Crippen LogP contribution >= 0.6 is 24.8 Å². The molecule has 0 spiro atoms. The Labute approximate surface area is 160 Å². The average Bonchev–Trinajstić information content (AvgIpc) is 3.36. The van der Waals surface area contributed by atoms with E-state index in [9.17, 15) is 0 Å². The maximum Gasteiger partial charge on any atom is 0.134 e. The Morgan fingerprint density at radius 1 is 1.08 bits per heavy atom. The lowest BCUT2D eigenvalue weighted by Gasteiger charge is -2.32. The quantitative estimate of drug-likeness (QED) is 0.825. The highest BCUT2D eigenvalue weighted by atomic mass is 35.5. The van der Waals surface area contributed by atoms with E-state index in [0.29, 0.717) is 24.4 Å². The topological polar surface area (TPSA) is 89.6 Å². The molecule has 2 saturated carbocycles. The van der Waals surface area contributed by atoms with E-state index in [1.807, 2.05) is 6.92 Å². The first-order valence-corrected chi connectivity index (χ1v) is 8.33. The molecule has 2 aliphatic rings. The largest absolute Gasteiger partial charge is 0.364 e. The second-order valence-electron chi connectivity index (χ2n) is 6.74. The van der Waals surface area contributed by atoms with E-state index < -0.39 is 0 Å².